The number of esters is 1. The molecular formula is C11H14ClNO2. The molecule has 82 valence electrons. The minimum Gasteiger partial charge on any atom is -0.468 e. The van der Waals surface area contributed by atoms with Gasteiger partial charge in [0.2, 0.25) is 0 Å². The van der Waals surface area contributed by atoms with Crippen molar-refractivity contribution in [1.82, 2.24) is 5.32 Å². The van der Waals surface area contributed by atoms with E-state index in [4.69, 9.17) is 11.6 Å². The summed E-state index contributed by atoms with van der Waals surface area (Å²) in [6.45, 7) is 2.19. The van der Waals surface area contributed by atoms with Gasteiger partial charge in [0.05, 0.1) is 13.7 Å². The second kappa shape index (κ2) is 5.73. The van der Waals surface area contributed by atoms with Crippen molar-refractivity contribution in [2.45, 2.75) is 13.0 Å². The molecule has 0 saturated heterocycles. The molecule has 0 fully saturated rings. The van der Waals surface area contributed by atoms with Crippen LogP contribution in [0.25, 0.3) is 0 Å². The number of ether oxygens (including phenoxy) is 1. The van der Waals surface area contributed by atoms with E-state index in [9.17, 15) is 4.79 Å². The topological polar surface area (TPSA) is 38.3 Å². The molecule has 0 heterocycles. The van der Waals surface area contributed by atoms with Crippen LogP contribution in [-0.2, 0) is 9.53 Å². The van der Waals surface area contributed by atoms with Gasteiger partial charge in [0.15, 0.2) is 0 Å². The van der Waals surface area contributed by atoms with Gasteiger partial charge in [-0.05, 0) is 24.6 Å². The predicted octanol–water partition coefficient (Wildman–Crippen LogP) is 2.16. The molecule has 0 radical (unpaired) electrons. The molecule has 0 aliphatic heterocycles. The van der Waals surface area contributed by atoms with Crippen molar-refractivity contribution in [2.75, 3.05) is 13.7 Å². The van der Waals surface area contributed by atoms with Crippen LogP contribution in [0.2, 0.25) is 5.02 Å². The number of rotatable bonds is 4. The summed E-state index contributed by atoms with van der Waals surface area (Å²) < 4.78 is 4.53. The molecule has 0 unspecified atom stereocenters. The molecule has 4 heteroatoms. The summed E-state index contributed by atoms with van der Waals surface area (Å²) in [5.41, 5.74) is 1.09. The number of nitrogens with one attached hydrogen (secondary N) is 1. The van der Waals surface area contributed by atoms with Crippen LogP contribution in [0.1, 0.15) is 18.5 Å². The first-order valence-corrected chi connectivity index (χ1v) is 5.07. The van der Waals surface area contributed by atoms with Crippen molar-refractivity contribution >= 4 is 17.6 Å². The Morgan fingerprint density at radius 2 is 2.07 bits per heavy atom. The van der Waals surface area contributed by atoms with E-state index >= 15 is 0 Å². The van der Waals surface area contributed by atoms with Crippen LogP contribution in [0, 0.1) is 0 Å². The molecule has 0 aliphatic rings. The van der Waals surface area contributed by atoms with Gasteiger partial charge in [-0.3, -0.25) is 4.79 Å². The Morgan fingerprint density at radius 1 is 1.47 bits per heavy atom. The fraction of sp³-hybridized carbons (Fsp3) is 0.364. The fourth-order valence-corrected chi connectivity index (χ4v) is 1.30. The minimum absolute atomic E-state index is 0.0985. The number of carbonyl (C=O) groups excluding carboxylic acids is 1. The lowest BCUT2D eigenvalue weighted by Gasteiger charge is -2.13. The van der Waals surface area contributed by atoms with Crippen LogP contribution >= 0.6 is 11.6 Å². The van der Waals surface area contributed by atoms with Crippen LogP contribution in [-0.4, -0.2) is 19.6 Å². The van der Waals surface area contributed by atoms with Gasteiger partial charge >= 0.3 is 5.97 Å². The van der Waals surface area contributed by atoms with E-state index in [1.54, 1.807) is 0 Å². The van der Waals surface area contributed by atoms with Crippen LogP contribution < -0.4 is 5.32 Å². The highest BCUT2D eigenvalue weighted by molar-refractivity contribution is 6.30. The van der Waals surface area contributed by atoms with Gasteiger partial charge in [-0.15, -0.1) is 0 Å². The van der Waals surface area contributed by atoms with Gasteiger partial charge in [-0.1, -0.05) is 23.7 Å². The van der Waals surface area contributed by atoms with E-state index in [0.29, 0.717) is 5.02 Å². The monoisotopic (exact) mass is 227 g/mol. The van der Waals surface area contributed by atoms with E-state index < -0.39 is 0 Å². The third kappa shape index (κ3) is 3.90. The molecule has 0 bridgehead atoms. The van der Waals surface area contributed by atoms with Gasteiger partial charge in [-0.2, -0.15) is 0 Å². The van der Waals surface area contributed by atoms with Crippen molar-refractivity contribution in [3.63, 3.8) is 0 Å². The Bertz CT molecular complexity index is 324. The highest BCUT2D eigenvalue weighted by Crippen LogP contribution is 2.15. The summed E-state index contributed by atoms with van der Waals surface area (Å²) in [5, 5.41) is 3.76. The van der Waals surface area contributed by atoms with Crippen molar-refractivity contribution in [3.8, 4) is 0 Å². The third-order valence-electron chi connectivity index (χ3n) is 2.15. The van der Waals surface area contributed by atoms with Crippen LogP contribution in [0.15, 0.2) is 24.3 Å². The molecule has 0 aromatic heterocycles. The zero-order valence-electron chi connectivity index (χ0n) is 8.79. The zero-order chi connectivity index (χ0) is 11.3. The molecule has 0 aliphatic carbocycles. The second-order valence-corrected chi connectivity index (χ2v) is 3.67. The van der Waals surface area contributed by atoms with E-state index in [-0.39, 0.29) is 18.6 Å². The molecule has 1 aromatic carbocycles. The van der Waals surface area contributed by atoms with Crippen molar-refractivity contribution in [3.05, 3.63) is 34.9 Å². The Labute approximate surface area is 94.4 Å². The Kier molecular flexibility index (Phi) is 4.59. The quantitative estimate of drug-likeness (QED) is 0.802. The smallest absolute Gasteiger partial charge is 0.319 e. The average molecular weight is 228 g/mol. The van der Waals surface area contributed by atoms with Gasteiger partial charge in [-0.25, -0.2) is 0 Å². The first kappa shape index (κ1) is 12.0. The molecule has 0 saturated carbocycles. The maximum atomic E-state index is 10.9. The standard InChI is InChI=1S/C11H14ClNO2/c1-8(13-7-11(14)15-2)9-3-5-10(12)6-4-9/h3-6,8,13H,7H2,1-2H3/t8-/m0/s1. The number of hydrogen-bond acceptors (Lipinski definition) is 3. The summed E-state index contributed by atoms with van der Waals surface area (Å²) in [5.74, 6) is -0.268. The lowest BCUT2D eigenvalue weighted by atomic mass is 10.1. The van der Waals surface area contributed by atoms with Crippen molar-refractivity contribution in [2.24, 2.45) is 0 Å². The zero-order valence-corrected chi connectivity index (χ0v) is 9.54. The van der Waals surface area contributed by atoms with Crippen LogP contribution in [0.5, 0.6) is 0 Å². The molecule has 0 spiro atoms. The summed E-state index contributed by atoms with van der Waals surface area (Å²) in [6, 6.07) is 7.61. The van der Waals surface area contributed by atoms with Crippen molar-refractivity contribution < 1.29 is 9.53 Å². The number of methoxy groups -OCH3 is 1. The van der Waals surface area contributed by atoms with E-state index in [1.807, 2.05) is 31.2 Å². The first-order valence-electron chi connectivity index (χ1n) is 4.69. The molecule has 1 rings (SSSR count). The number of halogens is 1. The second-order valence-electron chi connectivity index (χ2n) is 3.23. The number of carbonyl (C=O) groups is 1. The normalized spacial score (nSPS) is 12.2. The molecule has 1 N–H and O–H groups in total. The SMILES string of the molecule is COC(=O)CN[C@@H](C)c1ccc(Cl)cc1. The van der Waals surface area contributed by atoms with Crippen LogP contribution in [0.3, 0.4) is 0 Å². The minimum atomic E-state index is -0.268. The van der Waals surface area contributed by atoms with Crippen molar-refractivity contribution in [1.29, 1.82) is 0 Å². The first-order chi connectivity index (χ1) is 7.13. The van der Waals surface area contributed by atoms with E-state index in [1.165, 1.54) is 7.11 Å². The molecule has 15 heavy (non-hydrogen) atoms. The third-order valence-corrected chi connectivity index (χ3v) is 2.40. The Morgan fingerprint density at radius 3 is 2.60 bits per heavy atom. The predicted molar refractivity (Wildman–Crippen MR) is 59.9 cm³/mol. The maximum absolute atomic E-state index is 10.9. The lowest BCUT2D eigenvalue weighted by Crippen LogP contribution is -2.26. The summed E-state index contributed by atoms with van der Waals surface area (Å²) in [6.07, 6.45) is 0. The largest absolute Gasteiger partial charge is 0.468 e. The fourth-order valence-electron chi connectivity index (χ4n) is 1.18. The van der Waals surface area contributed by atoms with E-state index in [0.717, 1.165) is 5.56 Å². The summed E-state index contributed by atoms with van der Waals surface area (Å²) in [4.78, 5) is 10.9. The van der Waals surface area contributed by atoms with Crippen LogP contribution in [0.4, 0.5) is 0 Å². The molecule has 3 nitrogen and oxygen atoms in total. The number of benzene rings is 1. The number of hydrogen-bond donors (Lipinski definition) is 1. The molecule has 1 aromatic rings. The summed E-state index contributed by atoms with van der Waals surface area (Å²) in [7, 11) is 1.37. The van der Waals surface area contributed by atoms with Gasteiger partial charge < -0.3 is 10.1 Å². The highest BCUT2D eigenvalue weighted by atomic mass is 35.5. The Hall–Kier alpha value is -1.06. The average Bonchev–Trinajstić information content (AvgIpc) is 2.26. The van der Waals surface area contributed by atoms with E-state index in [2.05, 4.69) is 10.1 Å². The van der Waals surface area contributed by atoms with Gasteiger partial charge in [0.1, 0.15) is 0 Å². The molecule has 0 amide bonds. The summed E-state index contributed by atoms with van der Waals surface area (Å²) >= 11 is 5.77. The lowest BCUT2D eigenvalue weighted by molar-refractivity contribution is -0.139. The molecule has 1 atom stereocenters. The Balaban J connectivity index is 2.50. The molecular weight excluding hydrogens is 214 g/mol. The van der Waals surface area contributed by atoms with Gasteiger partial charge in [0.25, 0.3) is 0 Å². The highest BCUT2D eigenvalue weighted by Gasteiger charge is 2.06. The maximum Gasteiger partial charge on any atom is 0.319 e. The van der Waals surface area contributed by atoms with Gasteiger partial charge in [0, 0.05) is 11.1 Å².